The maximum Gasteiger partial charge on any atom is 0.0800 e. The van der Waals surface area contributed by atoms with Gasteiger partial charge in [0.15, 0.2) is 0 Å². The molecule has 0 spiro atoms. The molecule has 0 aromatic carbocycles. The second kappa shape index (κ2) is 3.77. The average Bonchev–Trinajstić information content (AvgIpc) is 2.10. The molecule has 0 bridgehead atoms. The number of halogens is 2. The molecule has 0 saturated heterocycles. The molecule has 1 heterocycles. The van der Waals surface area contributed by atoms with Crippen LogP contribution < -0.4 is 0 Å². The minimum atomic E-state index is 1.38. The Balaban J connectivity index is 3.01. The van der Waals surface area contributed by atoms with Crippen LogP contribution in [-0.2, 0) is 0 Å². The highest BCUT2D eigenvalue weighted by Crippen LogP contribution is 2.31. The Kier molecular flexibility index (Phi) is 3.61. The third-order valence-corrected chi connectivity index (χ3v) is 5.03. The molecule has 0 aliphatic carbocycles. The summed E-state index contributed by atoms with van der Waals surface area (Å²) in [5.74, 6) is 0. The van der Waals surface area contributed by atoms with Gasteiger partial charge in [0.2, 0.25) is 0 Å². The summed E-state index contributed by atoms with van der Waals surface area (Å²) < 4.78 is 2.78. The van der Waals surface area contributed by atoms with Crippen LogP contribution in [-0.4, -0.2) is 6.26 Å². The summed E-state index contributed by atoms with van der Waals surface area (Å²) in [6.07, 6.45) is 2.11. The van der Waals surface area contributed by atoms with Crippen LogP contribution in [0.1, 0.15) is 0 Å². The number of thioether (sulfide) groups is 1. The van der Waals surface area contributed by atoms with Gasteiger partial charge in [-0.15, -0.1) is 23.1 Å². The van der Waals surface area contributed by atoms with Crippen LogP contribution in [0.3, 0.4) is 0 Å². The lowest BCUT2D eigenvalue weighted by Gasteiger charge is -1.85. The standard InChI is InChI=1S/C5H4I2S2/c1-8-3-2-4(6)9-5(3)7/h2H,1H3. The zero-order valence-corrected chi connectivity index (χ0v) is 10.6. The van der Waals surface area contributed by atoms with Crippen LogP contribution in [0.15, 0.2) is 11.0 Å². The smallest absolute Gasteiger partial charge is 0.0800 e. The quantitative estimate of drug-likeness (QED) is 0.528. The molecule has 0 N–H and O–H groups in total. The molecular weight excluding hydrogens is 378 g/mol. The Hall–Kier alpha value is 1.51. The lowest BCUT2D eigenvalue weighted by molar-refractivity contribution is 1.54. The van der Waals surface area contributed by atoms with E-state index in [0.29, 0.717) is 0 Å². The van der Waals surface area contributed by atoms with E-state index in [1.165, 1.54) is 10.7 Å². The van der Waals surface area contributed by atoms with Crippen LogP contribution in [0.5, 0.6) is 0 Å². The van der Waals surface area contributed by atoms with Crippen molar-refractivity contribution in [2.45, 2.75) is 4.90 Å². The predicted octanol–water partition coefficient (Wildman–Crippen LogP) is 3.68. The molecular formula is C5H4I2S2. The molecule has 0 fully saturated rings. The molecule has 1 rings (SSSR count). The fourth-order valence-electron chi connectivity index (χ4n) is 0.464. The van der Waals surface area contributed by atoms with Crippen LogP contribution >= 0.6 is 68.3 Å². The molecule has 1 aromatic rings. The van der Waals surface area contributed by atoms with Crippen LogP contribution in [0.2, 0.25) is 0 Å². The number of thiophene rings is 1. The van der Waals surface area contributed by atoms with Gasteiger partial charge in [0.1, 0.15) is 0 Å². The van der Waals surface area contributed by atoms with Gasteiger partial charge in [0.25, 0.3) is 0 Å². The maximum absolute atomic E-state index is 2.37. The molecule has 50 valence electrons. The first-order valence-corrected chi connectivity index (χ1v) is 6.42. The minimum absolute atomic E-state index is 1.38. The highest BCUT2D eigenvalue weighted by molar-refractivity contribution is 14.1. The lowest BCUT2D eigenvalue weighted by Crippen LogP contribution is -1.60. The van der Waals surface area contributed by atoms with E-state index in [0.717, 1.165) is 0 Å². The normalized spacial score (nSPS) is 10.1. The third kappa shape index (κ3) is 2.23. The molecule has 0 amide bonds. The second-order valence-electron chi connectivity index (χ2n) is 1.39. The van der Waals surface area contributed by atoms with Gasteiger partial charge >= 0.3 is 0 Å². The summed E-state index contributed by atoms with van der Waals surface area (Å²) in [6.45, 7) is 0. The molecule has 0 aliphatic heterocycles. The largest absolute Gasteiger partial charge is 0.128 e. The van der Waals surface area contributed by atoms with Crippen molar-refractivity contribution in [1.82, 2.24) is 0 Å². The number of rotatable bonds is 1. The Morgan fingerprint density at radius 3 is 2.44 bits per heavy atom. The van der Waals surface area contributed by atoms with E-state index in [-0.39, 0.29) is 0 Å². The molecule has 1 aromatic heterocycles. The van der Waals surface area contributed by atoms with Crippen molar-refractivity contribution in [2.24, 2.45) is 0 Å². The SMILES string of the molecule is CSc1cc(I)sc1I. The summed E-state index contributed by atoms with van der Waals surface area (Å²) >= 11 is 8.38. The van der Waals surface area contributed by atoms with Crippen LogP contribution in [0.4, 0.5) is 0 Å². The van der Waals surface area contributed by atoms with E-state index in [1.807, 2.05) is 23.1 Å². The second-order valence-corrected chi connectivity index (χ2v) is 7.00. The average molecular weight is 382 g/mol. The zero-order valence-electron chi connectivity index (χ0n) is 4.65. The summed E-state index contributed by atoms with van der Waals surface area (Å²) in [7, 11) is 0. The lowest BCUT2D eigenvalue weighted by atomic mass is 10.7. The molecule has 0 atom stereocenters. The van der Waals surface area contributed by atoms with Gasteiger partial charge < -0.3 is 0 Å². The number of hydrogen-bond acceptors (Lipinski definition) is 2. The van der Waals surface area contributed by atoms with Crippen molar-refractivity contribution in [2.75, 3.05) is 6.26 Å². The fraction of sp³-hybridized carbons (Fsp3) is 0.200. The highest BCUT2D eigenvalue weighted by Gasteiger charge is 2.01. The van der Waals surface area contributed by atoms with Crippen LogP contribution in [0, 0.1) is 5.77 Å². The number of hydrogen-bond donors (Lipinski definition) is 0. The van der Waals surface area contributed by atoms with Gasteiger partial charge in [-0.05, 0) is 57.5 Å². The van der Waals surface area contributed by atoms with E-state index >= 15 is 0 Å². The third-order valence-electron chi connectivity index (χ3n) is 0.845. The summed E-state index contributed by atoms with van der Waals surface area (Å²) in [6, 6.07) is 2.22. The van der Waals surface area contributed by atoms with E-state index < -0.39 is 0 Å². The first-order valence-electron chi connectivity index (χ1n) is 2.23. The summed E-state index contributed by atoms with van der Waals surface area (Å²) in [5, 5.41) is 0. The Morgan fingerprint density at radius 2 is 2.22 bits per heavy atom. The van der Waals surface area contributed by atoms with E-state index in [2.05, 4.69) is 57.5 Å². The first kappa shape index (κ1) is 8.61. The van der Waals surface area contributed by atoms with Gasteiger partial charge in [0, 0.05) is 4.90 Å². The molecule has 9 heavy (non-hydrogen) atoms. The molecule has 0 unspecified atom stereocenters. The Bertz CT molecular complexity index is 207. The van der Waals surface area contributed by atoms with Crippen molar-refractivity contribution in [1.29, 1.82) is 0 Å². The zero-order chi connectivity index (χ0) is 6.85. The van der Waals surface area contributed by atoms with E-state index in [9.17, 15) is 0 Å². The molecule has 0 saturated carbocycles. The van der Waals surface area contributed by atoms with Gasteiger partial charge in [0.05, 0.1) is 5.77 Å². The van der Waals surface area contributed by atoms with Gasteiger partial charge in [-0.2, -0.15) is 0 Å². The summed E-state index contributed by atoms with van der Waals surface area (Å²) in [5.41, 5.74) is 0. The fourth-order valence-corrected chi connectivity index (χ4v) is 5.79. The maximum atomic E-state index is 2.37. The van der Waals surface area contributed by atoms with E-state index in [4.69, 9.17) is 0 Å². The van der Waals surface area contributed by atoms with Crippen molar-refractivity contribution in [3.8, 4) is 0 Å². The summed E-state index contributed by atoms with van der Waals surface area (Å²) in [4.78, 5) is 1.41. The molecule has 0 aliphatic rings. The first-order chi connectivity index (χ1) is 4.24. The topological polar surface area (TPSA) is 0 Å². The van der Waals surface area contributed by atoms with Crippen molar-refractivity contribution in [3.63, 3.8) is 0 Å². The van der Waals surface area contributed by atoms with Gasteiger partial charge in [-0.1, -0.05) is 0 Å². The predicted molar refractivity (Wildman–Crippen MR) is 61.5 cm³/mol. The van der Waals surface area contributed by atoms with Crippen LogP contribution in [0.25, 0.3) is 0 Å². The Labute approximate surface area is 90.1 Å². The monoisotopic (exact) mass is 382 g/mol. The van der Waals surface area contributed by atoms with Gasteiger partial charge in [-0.25, -0.2) is 0 Å². The minimum Gasteiger partial charge on any atom is -0.128 e. The molecule has 0 nitrogen and oxygen atoms in total. The Morgan fingerprint density at radius 1 is 1.56 bits per heavy atom. The molecule has 4 heteroatoms. The van der Waals surface area contributed by atoms with Gasteiger partial charge in [-0.3, -0.25) is 0 Å². The molecule has 0 radical (unpaired) electrons. The van der Waals surface area contributed by atoms with E-state index in [1.54, 1.807) is 0 Å². The van der Waals surface area contributed by atoms with Crippen molar-refractivity contribution in [3.05, 3.63) is 11.8 Å². The van der Waals surface area contributed by atoms with Crippen molar-refractivity contribution < 1.29 is 0 Å². The highest BCUT2D eigenvalue weighted by atomic mass is 127. The van der Waals surface area contributed by atoms with Crippen molar-refractivity contribution >= 4 is 68.3 Å².